The number of hydrogen-bond donors (Lipinski definition) is 0. The van der Waals surface area contributed by atoms with E-state index in [1.54, 1.807) is 12.1 Å². The number of carbonyl (C=O) groups excluding carboxylic acids is 1. The third-order valence-corrected chi connectivity index (χ3v) is 3.14. The Balaban J connectivity index is 2.56. The average Bonchev–Trinajstić information content (AvgIpc) is 2.85. The van der Waals surface area contributed by atoms with Crippen LogP contribution >= 0.6 is 15.9 Å². The molecule has 0 atom stereocenters. The van der Waals surface area contributed by atoms with Crippen LogP contribution in [0.5, 0.6) is 0 Å². The summed E-state index contributed by atoms with van der Waals surface area (Å²) < 4.78 is 14.1. The quantitative estimate of drug-likeness (QED) is 0.730. The zero-order valence-corrected chi connectivity index (χ0v) is 8.47. The van der Waals surface area contributed by atoms with Gasteiger partial charge in [0.1, 0.15) is 12.1 Å². The smallest absolute Gasteiger partial charge is 0.130 e. The molecule has 1 aromatic rings. The highest BCUT2D eigenvalue weighted by Crippen LogP contribution is 2.49. The highest BCUT2D eigenvalue weighted by atomic mass is 79.9. The molecule has 68 valence electrons. The van der Waals surface area contributed by atoms with Crippen molar-refractivity contribution in [2.75, 3.05) is 0 Å². The van der Waals surface area contributed by atoms with Gasteiger partial charge in [0, 0.05) is 10.0 Å². The maximum atomic E-state index is 13.4. The van der Waals surface area contributed by atoms with Crippen LogP contribution in [0.15, 0.2) is 22.7 Å². The highest BCUT2D eigenvalue weighted by molar-refractivity contribution is 9.10. The van der Waals surface area contributed by atoms with Gasteiger partial charge in [-0.05, 0) is 25.0 Å². The zero-order valence-electron chi connectivity index (χ0n) is 6.89. The van der Waals surface area contributed by atoms with Gasteiger partial charge in [0.2, 0.25) is 0 Å². The molecule has 0 unspecified atom stereocenters. The predicted molar refractivity (Wildman–Crippen MR) is 51.1 cm³/mol. The fraction of sp³-hybridized carbons (Fsp3) is 0.300. The SMILES string of the molecule is O=CC1(c2c(F)cccc2Br)CC1. The van der Waals surface area contributed by atoms with Gasteiger partial charge in [-0.25, -0.2) is 4.39 Å². The summed E-state index contributed by atoms with van der Waals surface area (Å²) in [4.78, 5) is 10.8. The molecule has 1 nitrogen and oxygen atoms in total. The Labute approximate surface area is 84.1 Å². The summed E-state index contributed by atoms with van der Waals surface area (Å²) in [5, 5.41) is 0. The summed E-state index contributed by atoms with van der Waals surface area (Å²) >= 11 is 3.26. The van der Waals surface area contributed by atoms with Crippen molar-refractivity contribution in [3.63, 3.8) is 0 Å². The second kappa shape index (κ2) is 2.91. The van der Waals surface area contributed by atoms with Gasteiger partial charge in [0.25, 0.3) is 0 Å². The molecule has 1 aliphatic rings. The van der Waals surface area contributed by atoms with Crippen molar-refractivity contribution in [1.29, 1.82) is 0 Å². The lowest BCUT2D eigenvalue weighted by Crippen LogP contribution is -2.11. The number of rotatable bonds is 2. The van der Waals surface area contributed by atoms with Crippen LogP contribution in [0, 0.1) is 5.82 Å². The Morgan fingerprint density at radius 1 is 1.46 bits per heavy atom. The van der Waals surface area contributed by atoms with E-state index in [1.807, 2.05) is 0 Å². The predicted octanol–water partition coefficient (Wildman–Crippen LogP) is 2.82. The molecule has 0 aliphatic heterocycles. The molecule has 2 rings (SSSR count). The first-order valence-corrected chi connectivity index (χ1v) is 4.90. The Morgan fingerprint density at radius 2 is 2.15 bits per heavy atom. The summed E-state index contributed by atoms with van der Waals surface area (Å²) in [6.07, 6.45) is 2.38. The van der Waals surface area contributed by atoms with Gasteiger partial charge >= 0.3 is 0 Å². The van der Waals surface area contributed by atoms with E-state index in [-0.39, 0.29) is 5.82 Å². The molecule has 0 heterocycles. The molecule has 1 aliphatic carbocycles. The highest BCUT2D eigenvalue weighted by Gasteiger charge is 2.47. The van der Waals surface area contributed by atoms with E-state index in [2.05, 4.69) is 15.9 Å². The molecule has 0 bridgehead atoms. The van der Waals surface area contributed by atoms with Crippen LogP contribution in [0.3, 0.4) is 0 Å². The van der Waals surface area contributed by atoms with E-state index >= 15 is 0 Å². The van der Waals surface area contributed by atoms with Crippen molar-refractivity contribution in [3.05, 3.63) is 34.1 Å². The number of aldehydes is 1. The summed E-state index contributed by atoms with van der Waals surface area (Å²) in [6.45, 7) is 0. The maximum Gasteiger partial charge on any atom is 0.130 e. The van der Waals surface area contributed by atoms with E-state index in [0.29, 0.717) is 10.0 Å². The number of halogens is 2. The number of benzene rings is 1. The summed E-state index contributed by atoms with van der Waals surface area (Å²) in [7, 11) is 0. The third kappa shape index (κ3) is 1.31. The zero-order chi connectivity index (χ0) is 9.47. The van der Waals surface area contributed by atoms with Gasteiger partial charge in [-0.15, -0.1) is 0 Å². The molecule has 0 radical (unpaired) electrons. The lowest BCUT2D eigenvalue weighted by molar-refractivity contribution is -0.109. The minimum atomic E-state index is -0.538. The fourth-order valence-electron chi connectivity index (χ4n) is 1.53. The number of hydrogen-bond acceptors (Lipinski definition) is 1. The molecule has 0 amide bonds. The van der Waals surface area contributed by atoms with Crippen molar-refractivity contribution < 1.29 is 9.18 Å². The molecule has 0 spiro atoms. The average molecular weight is 243 g/mol. The van der Waals surface area contributed by atoms with Gasteiger partial charge in [-0.1, -0.05) is 22.0 Å². The molecule has 1 saturated carbocycles. The fourth-order valence-corrected chi connectivity index (χ4v) is 2.27. The second-order valence-corrected chi connectivity index (χ2v) is 4.22. The Kier molecular flexibility index (Phi) is 1.99. The van der Waals surface area contributed by atoms with E-state index < -0.39 is 5.41 Å². The minimum absolute atomic E-state index is 0.293. The van der Waals surface area contributed by atoms with Crippen LogP contribution in [-0.4, -0.2) is 6.29 Å². The molecule has 1 fully saturated rings. The van der Waals surface area contributed by atoms with Crippen molar-refractivity contribution in [2.24, 2.45) is 0 Å². The summed E-state index contributed by atoms with van der Waals surface area (Å²) in [6, 6.07) is 4.79. The molecule has 0 aromatic heterocycles. The largest absolute Gasteiger partial charge is 0.302 e. The molecule has 13 heavy (non-hydrogen) atoms. The lowest BCUT2D eigenvalue weighted by Gasteiger charge is -2.10. The minimum Gasteiger partial charge on any atom is -0.302 e. The summed E-state index contributed by atoms with van der Waals surface area (Å²) in [5.41, 5.74) is -0.0190. The van der Waals surface area contributed by atoms with Crippen LogP contribution in [0.4, 0.5) is 4.39 Å². The molecular weight excluding hydrogens is 235 g/mol. The Morgan fingerprint density at radius 3 is 2.62 bits per heavy atom. The Hall–Kier alpha value is -0.700. The van der Waals surface area contributed by atoms with Crippen LogP contribution < -0.4 is 0 Å². The van der Waals surface area contributed by atoms with Crippen molar-refractivity contribution in [1.82, 2.24) is 0 Å². The molecule has 3 heteroatoms. The molecule has 0 N–H and O–H groups in total. The molecule has 0 saturated heterocycles. The van der Waals surface area contributed by atoms with Gasteiger partial charge in [-0.2, -0.15) is 0 Å². The van der Waals surface area contributed by atoms with Gasteiger partial charge in [0.15, 0.2) is 0 Å². The third-order valence-electron chi connectivity index (χ3n) is 2.47. The molecule has 1 aromatic carbocycles. The standard InChI is InChI=1S/C10H8BrFO/c11-7-2-1-3-8(12)9(7)10(6-13)4-5-10/h1-3,6H,4-5H2. The van der Waals surface area contributed by atoms with Gasteiger partial charge < -0.3 is 4.79 Å². The normalized spacial score (nSPS) is 18.3. The van der Waals surface area contributed by atoms with Crippen LogP contribution in [0.1, 0.15) is 18.4 Å². The maximum absolute atomic E-state index is 13.4. The van der Waals surface area contributed by atoms with E-state index in [1.165, 1.54) is 6.07 Å². The van der Waals surface area contributed by atoms with Crippen molar-refractivity contribution in [2.45, 2.75) is 18.3 Å². The lowest BCUT2D eigenvalue weighted by atomic mass is 9.97. The van der Waals surface area contributed by atoms with Gasteiger partial charge in [0.05, 0.1) is 5.41 Å². The van der Waals surface area contributed by atoms with E-state index in [9.17, 15) is 9.18 Å². The first kappa shape index (κ1) is 8.88. The second-order valence-electron chi connectivity index (χ2n) is 3.37. The van der Waals surface area contributed by atoms with E-state index in [0.717, 1.165) is 19.1 Å². The van der Waals surface area contributed by atoms with Crippen molar-refractivity contribution >= 4 is 22.2 Å². The van der Waals surface area contributed by atoms with Gasteiger partial charge in [-0.3, -0.25) is 0 Å². The molecular formula is C10H8BrFO. The first-order valence-electron chi connectivity index (χ1n) is 4.10. The number of carbonyl (C=O) groups is 1. The topological polar surface area (TPSA) is 17.1 Å². The van der Waals surface area contributed by atoms with Crippen molar-refractivity contribution in [3.8, 4) is 0 Å². The van der Waals surface area contributed by atoms with E-state index in [4.69, 9.17) is 0 Å². The van der Waals surface area contributed by atoms with Crippen LogP contribution in [-0.2, 0) is 10.2 Å². The summed E-state index contributed by atoms with van der Waals surface area (Å²) in [5.74, 6) is -0.293. The Bertz CT molecular complexity index is 338. The first-order chi connectivity index (χ1) is 6.19. The van der Waals surface area contributed by atoms with Crippen LogP contribution in [0.25, 0.3) is 0 Å². The monoisotopic (exact) mass is 242 g/mol. The van der Waals surface area contributed by atoms with Crippen LogP contribution in [0.2, 0.25) is 0 Å².